The molecule has 1 aromatic carbocycles. The van der Waals surface area contributed by atoms with Gasteiger partial charge in [0.2, 0.25) is 0 Å². The van der Waals surface area contributed by atoms with Gasteiger partial charge in [0.05, 0.1) is 5.52 Å². The van der Waals surface area contributed by atoms with E-state index in [2.05, 4.69) is 4.98 Å². The van der Waals surface area contributed by atoms with Crippen LogP contribution in [-0.2, 0) is 0 Å². The van der Waals surface area contributed by atoms with Crippen LogP contribution in [0, 0.1) is 5.82 Å². The van der Waals surface area contributed by atoms with E-state index in [4.69, 9.17) is 0 Å². The number of carbonyl (C=O) groups excluding carboxylic acids is 1. The second-order valence-electron chi connectivity index (χ2n) is 3.90. The van der Waals surface area contributed by atoms with E-state index in [1.165, 1.54) is 12.1 Å². The van der Waals surface area contributed by atoms with Crippen LogP contribution in [0.1, 0.15) is 10.5 Å². The number of pyridine rings is 1. The highest BCUT2D eigenvalue weighted by Crippen LogP contribution is 2.22. The summed E-state index contributed by atoms with van der Waals surface area (Å²) in [7, 11) is 0. The van der Waals surface area contributed by atoms with Gasteiger partial charge in [-0.05, 0) is 24.3 Å². The van der Waals surface area contributed by atoms with Crippen molar-refractivity contribution in [1.29, 1.82) is 0 Å². The van der Waals surface area contributed by atoms with Gasteiger partial charge >= 0.3 is 0 Å². The maximum absolute atomic E-state index is 13.2. The minimum atomic E-state index is -0.326. The summed E-state index contributed by atoms with van der Waals surface area (Å²) in [6.45, 7) is 0. The Bertz CT molecular complexity index is 733. The summed E-state index contributed by atoms with van der Waals surface area (Å²) in [6.07, 6.45) is 2.51. The predicted molar refractivity (Wildman–Crippen MR) is 66.0 cm³/mol. The molecule has 2 heterocycles. The molecule has 0 unspecified atom stereocenters. The second-order valence-corrected chi connectivity index (χ2v) is 3.90. The fraction of sp³-hybridized carbons (Fsp3) is 0. The van der Waals surface area contributed by atoms with E-state index in [1.807, 2.05) is 12.1 Å². The Hall–Kier alpha value is -2.49. The first-order valence-corrected chi connectivity index (χ1v) is 5.48. The summed E-state index contributed by atoms with van der Waals surface area (Å²) in [5, 5.41) is 0. The fourth-order valence-electron chi connectivity index (χ4n) is 1.98. The third-order valence-electron chi connectivity index (χ3n) is 2.77. The van der Waals surface area contributed by atoms with Crippen LogP contribution in [-0.4, -0.2) is 15.7 Å². The number of nitrogens with zero attached hydrogens (tertiary/aromatic N) is 2. The zero-order chi connectivity index (χ0) is 12.5. The molecular formula is C14H9FN2O. The van der Waals surface area contributed by atoms with Crippen molar-refractivity contribution < 1.29 is 9.18 Å². The first-order valence-electron chi connectivity index (χ1n) is 5.48. The lowest BCUT2D eigenvalue weighted by Gasteiger charge is -2.00. The van der Waals surface area contributed by atoms with E-state index in [0.717, 1.165) is 0 Å². The van der Waals surface area contributed by atoms with Crippen molar-refractivity contribution in [2.75, 3.05) is 0 Å². The molecule has 0 radical (unpaired) electrons. The topological polar surface area (TPSA) is 34.4 Å². The molecule has 88 valence electrons. The van der Waals surface area contributed by atoms with Crippen molar-refractivity contribution in [2.45, 2.75) is 0 Å². The molecule has 3 nitrogen and oxygen atoms in total. The average Bonchev–Trinajstić information content (AvgIpc) is 2.77. The van der Waals surface area contributed by atoms with E-state index < -0.39 is 0 Å². The minimum Gasteiger partial charge on any atom is -0.299 e. The average molecular weight is 240 g/mol. The lowest BCUT2D eigenvalue weighted by molar-refractivity contribution is 0.112. The Kier molecular flexibility index (Phi) is 2.41. The Morgan fingerprint density at radius 1 is 1.17 bits per heavy atom. The van der Waals surface area contributed by atoms with Crippen molar-refractivity contribution in [3.63, 3.8) is 0 Å². The number of benzene rings is 1. The van der Waals surface area contributed by atoms with E-state index in [9.17, 15) is 9.18 Å². The van der Waals surface area contributed by atoms with Crippen molar-refractivity contribution in [3.05, 3.63) is 60.2 Å². The van der Waals surface area contributed by atoms with E-state index >= 15 is 0 Å². The normalized spacial score (nSPS) is 10.7. The first-order chi connectivity index (χ1) is 8.79. The number of hydrogen-bond acceptors (Lipinski definition) is 2. The van der Waals surface area contributed by atoms with Crippen LogP contribution < -0.4 is 0 Å². The number of halogens is 1. The van der Waals surface area contributed by atoms with Gasteiger partial charge in [0.1, 0.15) is 17.3 Å². The summed E-state index contributed by atoms with van der Waals surface area (Å²) < 4.78 is 15.0. The van der Waals surface area contributed by atoms with Gasteiger partial charge in [0.15, 0.2) is 6.29 Å². The standard InChI is InChI=1S/C14H9FN2O/c15-11-5-3-4-10(8-11)14-16-12(9-18)13-6-1-2-7-17(13)14/h1-9H. The van der Waals surface area contributed by atoms with Crippen LogP contribution in [0.5, 0.6) is 0 Å². The lowest BCUT2D eigenvalue weighted by atomic mass is 10.2. The summed E-state index contributed by atoms with van der Waals surface area (Å²) in [5.74, 6) is 0.236. The van der Waals surface area contributed by atoms with E-state index in [0.29, 0.717) is 28.9 Å². The molecule has 3 aromatic rings. The van der Waals surface area contributed by atoms with Crippen LogP contribution in [0.4, 0.5) is 4.39 Å². The van der Waals surface area contributed by atoms with E-state index in [1.54, 1.807) is 28.8 Å². The van der Waals surface area contributed by atoms with Gasteiger partial charge in [-0.25, -0.2) is 9.37 Å². The molecule has 0 bridgehead atoms. The van der Waals surface area contributed by atoms with Crippen molar-refractivity contribution in [3.8, 4) is 11.4 Å². The van der Waals surface area contributed by atoms with Crippen molar-refractivity contribution in [1.82, 2.24) is 9.38 Å². The quantitative estimate of drug-likeness (QED) is 0.645. The summed E-state index contributed by atoms with van der Waals surface area (Å²) in [5.41, 5.74) is 1.71. The molecule has 4 heteroatoms. The number of hydrogen-bond donors (Lipinski definition) is 0. The van der Waals surface area contributed by atoms with Gasteiger partial charge in [-0.15, -0.1) is 0 Å². The van der Waals surface area contributed by atoms with Gasteiger partial charge < -0.3 is 0 Å². The highest BCUT2D eigenvalue weighted by atomic mass is 19.1. The number of aldehydes is 1. The number of carbonyl (C=O) groups is 1. The zero-order valence-corrected chi connectivity index (χ0v) is 9.38. The molecule has 0 fully saturated rings. The smallest absolute Gasteiger partial charge is 0.170 e. The molecule has 0 aliphatic carbocycles. The molecule has 0 amide bonds. The van der Waals surface area contributed by atoms with Crippen LogP contribution in [0.15, 0.2) is 48.7 Å². The van der Waals surface area contributed by atoms with Gasteiger partial charge in [-0.1, -0.05) is 18.2 Å². The van der Waals surface area contributed by atoms with Gasteiger partial charge in [-0.2, -0.15) is 0 Å². The first kappa shape index (κ1) is 10.7. The molecule has 0 spiro atoms. The number of fused-ring (bicyclic) bond motifs is 1. The molecule has 2 aromatic heterocycles. The third-order valence-corrected chi connectivity index (χ3v) is 2.77. The molecule has 0 saturated heterocycles. The van der Waals surface area contributed by atoms with Gasteiger partial charge in [0, 0.05) is 11.8 Å². The van der Waals surface area contributed by atoms with Crippen LogP contribution in [0.2, 0.25) is 0 Å². The van der Waals surface area contributed by atoms with Gasteiger partial charge in [-0.3, -0.25) is 9.20 Å². The number of rotatable bonds is 2. The maximum Gasteiger partial charge on any atom is 0.170 e. The second kappa shape index (κ2) is 4.07. The lowest BCUT2D eigenvalue weighted by Crippen LogP contribution is -1.88. The van der Waals surface area contributed by atoms with Crippen molar-refractivity contribution in [2.24, 2.45) is 0 Å². The molecule has 0 aliphatic rings. The molecule has 0 aliphatic heterocycles. The molecule has 0 saturated carbocycles. The number of imidazole rings is 1. The summed E-state index contributed by atoms with van der Waals surface area (Å²) >= 11 is 0. The molecule has 0 atom stereocenters. The maximum atomic E-state index is 13.2. The molecule has 18 heavy (non-hydrogen) atoms. The highest BCUT2D eigenvalue weighted by molar-refractivity contribution is 5.85. The van der Waals surface area contributed by atoms with Crippen molar-refractivity contribution >= 4 is 11.8 Å². The minimum absolute atomic E-state index is 0.326. The Morgan fingerprint density at radius 2 is 2.06 bits per heavy atom. The largest absolute Gasteiger partial charge is 0.299 e. The van der Waals surface area contributed by atoms with Crippen LogP contribution in [0.3, 0.4) is 0 Å². The SMILES string of the molecule is O=Cc1nc(-c2cccc(F)c2)n2ccccc12. The third kappa shape index (κ3) is 1.59. The monoisotopic (exact) mass is 240 g/mol. The molecular weight excluding hydrogens is 231 g/mol. The summed E-state index contributed by atoms with van der Waals surface area (Å²) in [4.78, 5) is 15.2. The Labute approximate surface area is 103 Å². The Balaban J connectivity index is 2.33. The molecule has 3 rings (SSSR count). The predicted octanol–water partition coefficient (Wildman–Crippen LogP) is 2.95. The molecule has 0 N–H and O–H groups in total. The van der Waals surface area contributed by atoms with Crippen LogP contribution in [0.25, 0.3) is 16.9 Å². The van der Waals surface area contributed by atoms with E-state index in [-0.39, 0.29) is 5.82 Å². The fourth-order valence-corrected chi connectivity index (χ4v) is 1.98. The number of aromatic nitrogens is 2. The Morgan fingerprint density at radius 3 is 2.83 bits per heavy atom. The van der Waals surface area contributed by atoms with Crippen LogP contribution >= 0.6 is 0 Å². The highest BCUT2D eigenvalue weighted by Gasteiger charge is 2.11. The van der Waals surface area contributed by atoms with Gasteiger partial charge in [0.25, 0.3) is 0 Å². The zero-order valence-electron chi connectivity index (χ0n) is 9.38. The summed E-state index contributed by atoms with van der Waals surface area (Å²) in [6, 6.07) is 11.6.